The molecule has 1 aliphatic heterocycles. The van der Waals surface area contributed by atoms with Crippen molar-refractivity contribution in [2.24, 2.45) is 0 Å². The van der Waals surface area contributed by atoms with Crippen LogP contribution in [0, 0.1) is 11.3 Å². The summed E-state index contributed by atoms with van der Waals surface area (Å²) in [6, 6.07) is 9.34. The number of rotatable bonds is 4. The van der Waals surface area contributed by atoms with Gasteiger partial charge in [0, 0.05) is 0 Å². The minimum Gasteiger partial charge on any atom is -0.489 e. The molecule has 0 saturated carbocycles. The average molecular weight is 260 g/mol. The van der Waals surface area contributed by atoms with Crippen molar-refractivity contribution in [3.05, 3.63) is 24.3 Å². The first-order valence-corrected chi connectivity index (χ1v) is 6.22. The Kier molecular flexibility index (Phi) is 3.91. The Labute approximate surface area is 112 Å². The van der Waals surface area contributed by atoms with Gasteiger partial charge in [-0.2, -0.15) is 5.26 Å². The highest BCUT2D eigenvalue weighted by atomic mass is 16.6. The fraction of sp³-hybridized carbons (Fsp3) is 0.429. The lowest BCUT2D eigenvalue weighted by atomic mass is 10.2. The Morgan fingerprint density at radius 3 is 2.95 bits per heavy atom. The second kappa shape index (κ2) is 5.61. The summed E-state index contributed by atoms with van der Waals surface area (Å²) in [6.07, 6.45) is -0.575. The maximum Gasteiger partial charge on any atom is 0.414 e. The van der Waals surface area contributed by atoms with Crippen LogP contribution in [0.1, 0.15) is 20.3 Å². The van der Waals surface area contributed by atoms with E-state index in [1.165, 1.54) is 4.90 Å². The van der Waals surface area contributed by atoms with Gasteiger partial charge in [-0.05, 0) is 26.0 Å². The Balaban J connectivity index is 2.22. The monoisotopic (exact) mass is 260 g/mol. The van der Waals surface area contributed by atoms with Crippen LogP contribution >= 0.6 is 0 Å². The van der Waals surface area contributed by atoms with E-state index in [1.807, 2.05) is 44.2 Å². The molecule has 1 fully saturated rings. The number of hydrogen-bond acceptors (Lipinski definition) is 4. The molecule has 1 atom stereocenters. The molecule has 1 aliphatic rings. The van der Waals surface area contributed by atoms with Crippen molar-refractivity contribution in [2.45, 2.75) is 32.5 Å². The Hall–Kier alpha value is -2.22. The van der Waals surface area contributed by atoms with E-state index in [1.54, 1.807) is 0 Å². The smallest absolute Gasteiger partial charge is 0.414 e. The minimum atomic E-state index is -0.431. The molecule has 1 saturated heterocycles. The zero-order valence-corrected chi connectivity index (χ0v) is 11.0. The zero-order chi connectivity index (χ0) is 13.8. The van der Waals surface area contributed by atoms with E-state index in [-0.39, 0.29) is 18.6 Å². The molecular weight excluding hydrogens is 244 g/mol. The number of amides is 1. The standard InChI is InChI=1S/C14H16N2O3/c1-10(2)18-13-6-4-3-5-12(13)16-9-11(7-8-15)19-14(16)17/h3-6,10-11H,7,9H2,1-2H3. The predicted molar refractivity (Wildman–Crippen MR) is 70.1 cm³/mol. The van der Waals surface area contributed by atoms with Crippen LogP contribution < -0.4 is 9.64 Å². The molecule has 0 N–H and O–H groups in total. The third-order valence-electron chi connectivity index (χ3n) is 2.71. The number of anilines is 1. The number of carbonyl (C=O) groups excluding carboxylic acids is 1. The van der Waals surface area contributed by atoms with Crippen molar-refractivity contribution in [3.63, 3.8) is 0 Å². The molecule has 5 heteroatoms. The van der Waals surface area contributed by atoms with Crippen LogP contribution in [-0.2, 0) is 4.74 Å². The summed E-state index contributed by atoms with van der Waals surface area (Å²) in [6.45, 7) is 4.24. The quantitative estimate of drug-likeness (QED) is 0.835. The number of nitriles is 1. The van der Waals surface area contributed by atoms with E-state index in [4.69, 9.17) is 14.7 Å². The summed E-state index contributed by atoms with van der Waals surface area (Å²) in [5, 5.41) is 8.66. The number of cyclic esters (lactones) is 1. The maximum absolute atomic E-state index is 11.8. The lowest BCUT2D eigenvalue weighted by molar-refractivity contribution is 0.143. The normalized spacial score (nSPS) is 18.3. The Morgan fingerprint density at radius 1 is 1.53 bits per heavy atom. The molecule has 19 heavy (non-hydrogen) atoms. The van der Waals surface area contributed by atoms with E-state index in [2.05, 4.69) is 0 Å². The number of ether oxygens (including phenoxy) is 2. The first-order valence-electron chi connectivity index (χ1n) is 6.22. The van der Waals surface area contributed by atoms with Crippen molar-refractivity contribution in [2.75, 3.05) is 11.4 Å². The highest BCUT2D eigenvalue weighted by Crippen LogP contribution is 2.32. The largest absolute Gasteiger partial charge is 0.489 e. The molecule has 5 nitrogen and oxygen atoms in total. The van der Waals surface area contributed by atoms with Gasteiger partial charge in [0.15, 0.2) is 0 Å². The highest BCUT2D eigenvalue weighted by Gasteiger charge is 2.33. The summed E-state index contributed by atoms with van der Waals surface area (Å²) in [5.74, 6) is 0.645. The molecule has 100 valence electrons. The molecule has 1 amide bonds. The first-order chi connectivity index (χ1) is 9.11. The molecular formula is C14H16N2O3. The van der Waals surface area contributed by atoms with Gasteiger partial charge in [-0.25, -0.2) is 4.79 Å². The van der Waals surface area contributed by atoms with Gasteiger partial charge in [0.05, 0.1) is 30.8 Å². The SMILES string of the molecule is CC(C)Oc1ccccc1N1CC(CC#N)OC1=O. The molecule has 0 radical (unpaired) electrons. The summed E-state index contributed by atoms with van der Waals surface area (Å²) in [5.41, 5.74) is 0.682. The van der Waals surface area contributed by atoms with E-state index in [0.29, 0.717) is 18.0 Å². The third kappa shape index (κ3) is 2.97. The number of benzene rings is 1. The number of carbonyl (C=O) groups is 1. The fourth-order valence-electron chi connectivity index (χ4n) is 1.96. The number of nitrogens with zero attached hydrogens (tertiary/aromatic N) is 2. The van der Waals surface area contributed by atoms with Gasteiger partial charge in [0.25, 0.3) is 0 Å². The lowest BCUT2D eigenvalue weighted by Gasteiger charge is -2.19. The van der Waals surface area contributed by atoms with Crippen LogP contribution in [0.25, 0.3) is 0 Å². The van der Waals surface area contributed by atoms with Gasteiger partial charge in [-0.15, -0.1) is 0 Å². The molecule has 1 unspecified atom stereocenters. The van der Waals surface area contributed by atoms with Gasteiger partial charge in [-0.1, -0.05) is 12.1 Å². The van der Waals surface area contributed by atoms with Crippen LogP contribution in [-0.4, -0.2) is 24.8 Å². The Morgan fingerprint density at radius 2 is 2.26 bits per heavy atom. The maximum atomic E-state index is 11.8. The molecule has 2 rings (SSSR count). The van der Waals surface area contributed by atoms with Gasteiger partial charge in [-0.3, -0.25) is 4.90 Å². The Bertz CT molecular complexity index is 508. The first kappa shape index (κ1) is 13.2. The van der Waals surface area contributed by atoms with Crippen molar-refractivity contribution in [3.8, 4) is 11.8 Å². The zero-order valence-electron chi connectivity index (χ0n) is 11.0. The molecule has 0 spiro atoms. The van der Waals surface area contributed by atoms with Crippen molar-refractivity contribution >= 4 is 11.8 Å². The fourth-order valence-corrected chi connectivity index (χ4v) is 1.96. The van der Waals surface area contributed by atoms with Crippen molar-refractivity contribution in [1.82, 2.24) is 0 Å². The topological polar surface area (TPSA) is 62.6 Å². The molecule has 1 aromatic carbocycles. The highest BCUT2D eigenvalue weighted by molar-refractivity contribution is 5.91. The minimum absolute atomic E-state index is 0.0229. The molecule has 0 aliphatic carbocycles. The van der Waals surface area contributed by atoms with Crippen LogP contribution in [0.4, 0.5) is 10.5 Å². The van der Waals surface area contributed by atoms with Crippen LogP contribution in [0.5, 0.6) is 5.75 Å². The van der Waals surface area contributed by atoms with Crippen molar-refractivity contribution in [1.29, 1.82) is 5.26 Å². The van der Waals surface area contributed by atoms with Crippen molar-refractivity contribution < 1.29 is 14.3 Å². The van der Waals surface area contributed by atoms with Gasteiger partial charge in [0.2, 0.25) is 0 Å². The molecule has 1 heterocycles. The van der Waals surface area contributed by atoms with E-state index in [0.717, 1.165) is 0 Å². The van der Waals surface area contributed by atoms with Crippen LogP contribution in [0.15, 0.2) is 24.3 Å². The lowest BCUT2D eigenvalue weighted by Crippen LogP contribution is -2.25. The van der Waals surface area contributed by atoms with Crippen LogP contribution in [0.2, 0.25) is 0 Å². The second-order valence-corrected chi connectivity index (χ2v) is 4.61. The predicted octanol–water partition coefficient (Wildman–Crippen LogP) is 2.71. The van der Waals surface area contributed by atoms with Gasteiger partial charge in [0.1, 0.15) is 11.9 Å². The third-order valence-corrected chi connectivity index (χ3v) is 2.71. The molecule has 1 aromatic rings. The van der Waals surface area contributed by atoms with Gasteiger partial charge < -0.3 is 9.47 Å². The summed E-state index contributed by atoms with van der Waals surface area (Å²) in [7, 11) is 0. The van der Waals surface area contributed by atoms with Crippen LogP contribution in [0.3, 0.4) is 0 Å². The summed E-state index contributed by atoms with van der Waals surface area (Å²) >= 11 is 0. The number of hydrogen-bond donors (Lipinski definition) is 0. The summed E-state index contributed by atoms with van der Waals surface area (Å²) < 4.78 is 10.8. The van der Waals surface area contributed by atoms with E-state index >= 15 is 0 Å². The second-order valence-electron chi connectivity index (χ2n) is 4.61. The van der Waals surface area contributed by atoms with E-state index < -0.39 is 6.09 Å². The molecule has 0 bridgehead atoms. The molecule has 0 aromatic heterocycles. The number of para-hydroxylation sites is 2. The average Bonchev–Trinajstić information content (AvgIpc) is 2.71. The summed E-state index contributed by atoms with van der Waals surface area (Å²) in [4.78, 5) is 13.4. The van der Waals surface area contributed by atoms with Gasteiger partial charge >= 0.3 is 6.09 Å². The van der Waals surface area contributed by atoms with E-state index in [9.17, 15) is 4.79 Å².